The van der Waals surface area contributed by atoms with Crippen LogP contribution >= 0.6 is 27.5 Å². The molecule has 0 bridgehead atoms. The summed E-state index contributed by atoms with van der Waals surface area (Å²) >= 11 is 9.48. The van der Waals surface area contributed by atoms with Gasteiger partial charge in [-0.3, -0.25) is 0 Å². The molecule has 0 atom stereocenters. The van der Waals surface area contributed by atoms with Crippen LogP contribution in [-0.2, 0) is 5.41 Å². The van der Waals surface area contributed by atoms with Crippen molar-refractivity contribution in [1.29, 1.82) is 0 Å². The van der Waals surface area contributed by atoms with Gasteiger partial charge in [0.2, 0.25) is 0 Å². The topological polar surface area (TPSA) is 38.9 Å². The fourth-order valence-corrected chi connectivity index (χ4v) is 3.25. The van der Waals surface area contributed by atoms with Gasteiger partial charge in [0.1, 0.15) is 5.15 Å². The molecule has 2 rings (SSSR count). The number of pyridine rings is 1. The lowest BCUT2D eigenvalue weighted by Crippen LogP contribution is -2.32. The standard InChI is InChI=1S/C11H14BrClN2/c12-9-6-15-10(13)5-8(9)11(7-14)3-1-2-4-11/h5-6H,1-4,7,14H2. The average Bonchev–Trinajstić information content (AvgIpc) is 2.71. The van der Waals surface area contributed by atoms with Crippen LogP contribution in [0, 0.1) is 0 Å². The quantitative estimate of drug-likeness (QED) is 0.849. The molecule has 0 aromatic carbocycles. The second kappa shape index (κ2) is 4.40. The van der Waals surface area contributed by atoms with Crippen LogP contribution < -0.4 is 5.73 Å². The molecule has 0 unspecified atom stereocenters. The number of rotatable bonds is 2. The second-order valence-corrected chi connectivity index (χ2v) is 5.42. The van der Waals surface area contributed by atoms with E-state index < -0.39 is 0 Å². The van der Waals surface area contributed by atoms with Crippen LogP contribution in [0.15, 0.2) is 16.7 Å². The maximum atomic E-state index is 5.94. The van der Waals surface area contributed by atoms with E-state index in [0.29, 0.717) is 11.7 Å². The highest BCUT2D eigenvalue weighted by molar-refractivity contribution is 9.10. The molecule has 0 aliphatic heterocycles. The molecule has 15 heavy (non-hydrogen) atoms. The van der Waals surface area contributed by atoms with Gasteiger partial charge in [0.25, 0.3) is 0 Å². The lowest BCUT2D eigenvalue weighted by molar-refractivity contribution is 0.450. The summed E-state index contributed by atoms with van der Waals surface area (Å²) in [4.78, 5) is 4.05. The Labute approximate surface area is 103 Å². The molecule has 1 saturated carbocycles. The summed E-state index contributed by atoms with van der Waals surface area (Å²) in [6.45, 7) is 0.686. The molecule has 4 heteroatoms. The third kappa shape index (κ3) is 2.05. The summed E-state index contributed by atoms with van der Waals surface area (Å²) in [6, 6.07) is 1.95. The highest BCUT2D eigenvalue weighted by atomic mass is 79.9. The van der Waals surface area contributed by atoms with Crippen LogP contribution in [0.4, 0.5) is 0 Å². The summed E-state index contributed by atoms with van der Waals surface area (Å²) in [5.74, 6) is 0. The summed E-state index contributed by atoms with van der Waals surface area (Å²) in [5, 5.41) is 0.549. The van der Waals surface area contributed by atoms with Crippen LogP contribution in [0.1, 0.15) is 31.2 Å². The lowest BCUT2D eigenvalue weighted by Gasteiger charge is -2.28. The SMILES string of the molecule is NCC1(c2cc(Cl)ncc2Br)CCCC1. The van der Waals surface area contributed by atoms with E-state index in [1.165, 1.54) is 18.4 Å². The van der Waals surface area contributed by atoms with Crippen molar-refractivity contribution < 1.29 is 0 Å². The fourth-order valence-electron chi connectivity index (χ4n) is 2.45. The molecular formula is C11H14BrClN2. The molecule has 2 N–H and O–H groups in total. The van der Waals surface area contributed by atoms with E-state index in [9.17, 15) is 0 Å². The third-order valence-electron chi connectivity index (χ3n) is 3.34. The number of nitrogens with zero attached hydrogens (tertiary/aromatic N) is 1. The minimum atomic E-state index is 0.116. The number of hydrogen-bond donors (Lipinski definition) is 1. The second-order valence-electron chi connectivity index (χ2n) is 4.18. The molecule has 1 fully saturated rings. The van der Waals surface area contributed by atoms with Crippen molar-refractivity contribution in [2.75, 3.05) is 6.54 Å². The van der Waals surface area contributed by atoms with Crippen LogP contribution in [0.2, 0.25) is 5.15 Å². The van der Waals surface area contributed by atoms with Gasteiger partial charge in [0.15, 0.2) is 0 Å². The van der Waals surface area contributed by atoms with Gasteiger partial charge < -0.3 is 5.73 Å². The van der Waals surface area contributed by atoms with Gasteiger partial charge >= 0.3 is 0 Å². The first-order valence-corrected chi connectivity index (χ1v) is 6.37. The Balaban J connectivity index is 2.46. The zero-order valence-corrected chi connectivity index (χ0v) is 10.8. The van der Waals surface area contributed by atoms with E-state index in [1.54, 1.807) is 6.20 Å². The first-order chi connectivity index (χ1) is 7.18. The lowest BCUT2D eigenvalue weighted by atomic mass is 9.79. The van der Waals surface area contributed by atoms with Gasteiger partial charge in [0.05, 0.1) is 0 Å². The van der Waals surface area contributed by atoms with Gasteiger partial charge in [-0.05, 0) is 40.4 Å². The number of aromatic nitrogens is 1. The van der Waals surface area contributed by atoms with E-state index >= 15 is 0 Å². The minimum absolute atomic E-state index is 0.116. The number of nitrogens with two attached hydrogens (primary N) is 1. The van der Waals surface area contributed by atoms with E-state index in [1.807, 2.05) is 6.07 Å². The van der Waals surface area contributed by atoms with Gasteiger partial charge in [-0.25, -0.2) is 4.98 Å². The van der Waals surface area contributed by atoms with Gasteiger partial charge in [-0.2, -0.15) is 0 Å². The molecule has 82 valence electrons. The van der Waals surface area contributed by atoms with Crippen molar-refractivity contribution in [1.82, 2.24) is 4.98 Å². The normalized spacial score (nSPS) is 19.4. The zero-order valence-electron chi connectivity index (χ0n) is 8.47. The zero-order chi connectivity index (χ0) is 10.9. The predicted octanol–water partition coefficient (Wildman–Crippen LogP) is 3.27. The van der Waals surface area contributed by atoms with E-state index in [2.05, 4.69) is 20.9 Å². The van der Waals surface area contributed by atoms with Crippen LogP contribution in [-0.4, -0.2) is 11.5 Å². The predicted molar refractivity (Wildman–Crippen MR) is 66.1 cm³/mol. The van der Waals surface area contributed by atoms with Crippen LogP contribution in [0.25, 0.3) is 0 Å². The number of halogens is 2. The first-order valence-electron chi connectivity index (χ1n) is 5.19. The van der Waals surface area contributed by atoms with Crippen molar-refractivity contribution >= 4 is 27.5 Å². The Hall–Kier alpha value is -0.120. The van der Waals surface area contributed by atoms with E-state index in [4.69, 9.17) is 17.3 Å². The fraction of sp³-hybridized carbons (Fsp3) is 0.545. The Kier molecular flexibility index (Phi) is 3.33. The Bertz CT molecular complexity index is 362. The highest BCUT2D eigenvalue weighted by Gasteiger charge is 2.35. The van der Waals surface area contributed by atoms with Crippen molar-refractivity contribution in [3.8, 4) is 0 Å². The van der Waals surface area contributed by atoms with Gasteiger partial charge in [0, 0.05) is 22.6 Å². The molecule has 0 saturated heterocycles. The van der Waals surface area contributed by atoms with Crippen LogP contribution in [0.3, 0.4) is 0 Å². The van der Waals surface area contributed by atoms with Crippen molar-refractivity contribution in [2.45, 2.75) is 31.1 Å². The molecule has 1 aromatic heterocycles. The summed E-state index contributed by atoms with van der Waals surface area (Å²) in [6.07, 6.45) is 6.59. The maximum Gasteiger partial charge on any atom is 0.129 e. The Morgan fingerprint density at radius 3 is 2.73 bits per heavy atom. The molecule has 2 nitrogen and oxygen atoms in total. The third-order valence-corrected chi connectivity index (χ3v) is 4.18. The van der Waals surface area contributed by atoms with E-state index in [-0.39, 0.29) is 5.41 Å². The maximum absolute atomic E-state index is 5.94. The van der Waals surface area contributed by atoms with Crippen LogP contribution in [0.5, 0.6) is 0 Å². The molecule has 1 aromatic rings. The Morgan fingerprint density at radius 2 is 2.13 bits per heavy atom. The van der Waals surface area contributed by atoms with Gasteiger partial charge in [-0.1, -0.05) is 24.4 Å². The van der Waals surface area contributed by atoms with Crippen molar-refractivity contribution in [3.63, 3.8) is 0 Å². The largest absolute Gasteiger partial charge is 0.330 e. The number of hydrogen-bond acceptors (Lipinski definition) is 2. The molecule has 0 amide bonds. The molecule has 1 heterocycles. The monoisotopic (exact) mass is 288 g/mol. The minimum Gasteiger partial charge on any atom is -0.330 e. The van der Waals surface area contributed by atoms with Crippen molar-refractivity contribution in [3.05, 3.63) is 27.5 Å². The summed E-state index contributed by atoms with van der Waals surface area (Å²) in [5.41, 5.74) is 7.28. The molecular weight excluding hydrogens is 275 g/mol. The Morgan fingerprint density at radius 1 is 1.47 bits per heavy atom. The van der Waals surface area contributed by atoms with E-state index in [0.717, 1.165) is 17.3 Å². The molecule has 0 radical (unpaired) electrons. The summed E-state index contributed by atoms with van der Waals surface area (Å²) in [7, 11) is 0. The van der Waals surface area contributed by atoms with Gasteiger partial charge in [-0.15, -0.1) is 0 Å². The molecule has 0 spiro atoms. The summed E-state index contributed by atoms with van der Waals surface area (Å²) < 4.78 is 1.03. The first kappa shape index (κ1) is 11.4. The van der Waals surface area contributed by atoms with Crippen molar-refractivity contribution in [2.24, 2.45) is 5.73 Å². The molecule has 1 aliphatic rings. The molecule has 1 aliphatic carbocycles. The smallest absolute Gasteiger partial charge is 0.129 e. The highest BCUT2D eigenvalue weighted by Crippen LogP contribution is 2.43. The average molecular weight is 290 g/mol.